The Kier molecular flexibility index (Phi) is 4.51. The van der Waals surface area contributed by atoms with Crippen molar-refractivity contribution in [3.05, 3.63) is 78.1 Å². The Bertz CT molecular complexity index is 825. The average molecular weight is 332 g/mol. The Hall–Kier alpha value is -2.62. The van der Waals surface area contributed by atoms with Gasteiger partial charge in [-0.3, -0.25) is 4.98 Å². The molecule has 1 aromatic carbocycles. The average Bonchev–Trinajstić information content (AvgIpc) is 3.11. The van der Waals surface area contributed by atoms with Gasteiger partial charge in [0.1, 0.15) is 5.82 Å². The molecule has 1 saturated heterocycles. The minimum absolute atomic E-state index is 0.472. The Balaban J connectivity index is 1.54. The molecule has 0 unspecified atom stereocenters. The van der Waals surface area contributed by atoms with Crippen LogP contribution in [0.25, 0.3) is 0 Å². The van der Waals surface area contributed by atoms with Crippen LogP contribution in [0.5, 0.6) is 0 Å². The lowest BCUT2D eigenvalue weighted by atomic mass is 9.96. The summed E-state index contributed by atoms with van der Waals surface area (Å²) in [7, 11) is 0. The molecular weight excluding hydrogens is 308 g/mol. The number of hydrogen-bond acceptors (Lipinski definition) is 3. The van der Waals surface area contributed by atoms with E-state index in [1.807, 2.05) is 18.6 Å². The summed E-state index contributed by atoms with van der Waals surface area (Å²) in [6.45, 7) is 5.17. The molecule has 3 heterocycles. The summed E-state index contributed by atoms with van der Waals surface area (Å²) in [6.07, 6.45) is 10.3. The van der Waals surface area contributed by atoms with Crippen molar-refractivity contribution < 1.29 is 0 Å². The summed E-state index contributed by atoms with van der Waals surface area (Å²) in [5.41, 5.74) is 3.87. The summed E-state index contributed by atoms with van der Waals surface area (Å²) in [6, 6.07) is 12.7. The predicted molar refractivity (Wildman–Crippen MR) is 101 cm³/mol. The molecule has 128 valence electrons. The Labute approximate surface area is 149 Å². The number of nitrogens with zero attached hydrogens (tertiary/aromatic N) is 4. The van der Waals surface area contributed by atoms with Gasteiger partial charge < -0.3 is 9.47 Å². The molecule has 3 aromatic rings. The van der Waals surface area contributed by atoms with Gasteiger partial charge in [-0.2, -0.15) is 0 Å². The summed E-state index contributed by atoms with van der Waals surface area (Å²) in [5.74, 6) is 1.68. The Morgan fingerprint density at radius 1 is 1.12 bits per heavy atom. The lowest BCUT2D eigenvalue weighted by Gasteiger charge is -2.35. The van der Waals surface area contributed by atoms with Crippen LogP contribution < -0.4 is 4.90 Å². The zero-order chi connectivity index (χ0) is 17.1. The van der Waals surface area contributed by atoms with Gasteiger partial charge in [-0.15, -0.1) is 0 Å². The van der Waals surface area contributed by atoms with Crippen LogP contribution in [0.4, 0.5) is 5.69 Å². The van der Waals surface area contributed by atoms with Crippen molar-refractivity contribution in [3.63, 3.8) is 0 Å². The fourth-order valence-corrected chi connectivity index (χ4v) is 3.82. The molecular formula is C21H24N4. The third-order valence-corrected chi connectivity index (χ3v) is 5.06. The van der Waals surface area contributed by atoms with E-state index in [4.69, 9.17) is 4.98 Å². The molecule has 0 aliphatic carbocycles. The van der Waals surface area contributed by atoms with E-state index < -0.39 is 0 Å². The van der Waals surface area contributed by atoms with E-state index in [0.717, 1.165) is 19.6 Å². The maximum Gasteiger partial charge on any atom is 0.113 e. The minimum atomic E-state index is 0.472. The molecule has 1 aliphatic rings. The highest BCUT2D eigenvalue weighted by molar-refractivity contribution is 5.52. The number of aromatic nitrogens is 3. The molecule has 25 heavy (non-hydrogen) atoms. The molecule has 0 bridgehead atoms. The highest BCUT2D eigenvalue weighted by Gasteiger charge is 2.25. The number of anilines is 1. The third-order valence-electron chi connectivity index (χ3n) is 5.06. The third kappa shape index (κ3) is 3.43. The van der Waals surface area contributed by atoms with Crippen molar-refractivity contribution >= 4 is 5.69 Å². The van der Waals surface area contributed by atoms with Gasteiger partial charge in [0.05, 0.1) is 0 Å². The monoisotopic (exact) mass is 332 g/mol. The zero-order valence-electron chi connectivity index (χ0n) is 14.7. The van der Waals surface area contributed by atoms with Crippen LogP contribution in [0.3, 0.4) is 0 Å². The van der Waals surface area contributed by atoms with Gasteiger partial charge >= 0.3 is 0 Å². The summed E-state index contributed by atoms with van der Waals surface area (Å²) in [5, 5.41) is 0. The van der Waals surface area contributed by atoms with E-state index in [1.165, 1.54) is 35.5 Å². The van der Waals surface area contributed by atoms with E-state index in [1.54, 1.807) is 0 Å². The molecule has 0 N–H and O–H groups in total. The second-order valence-corrected chi connectivity index (χ2v) is 6.85. The van der Waals surface area contributed by atoms with Crippen LogP contribution in [0, 0.1) is 6.92 Å². The number of piperidine rings is 1. The van der Waals surface area contributed by atoms with E-state index in [2.05, 4.69) is 64.0 Å². The van der Waals surface area contributed by atoms with Crippen molar-refractivity contribution in [2.45, 2.75) is 32.2 Å². The first-order valence-corrected chi connectivity index (χ1v) is 9.02. The second kappa shape index (κ2) is 7.09. The molecule has 4 heteroatoms. The minimum Gasteiger partial charge on any atom is -0.370 e. The van der Waals surface area contributed by atoms with Gasteiger partial charge in [-0.25, -0.2) is 4.98 Å². The first kappa shape index (κ1) is 15.9. The van der Waals surface area contributed by atoms with E-state index in [9.17, 15) is 0 Å². The van der Waals surface area contributed by atoms with Gasteiger partial charge in [0.15, 0.2) is 0 Å². The lowest BCUT2D eigenvalue weighted by Crippen LogP contribution is -2.35. The molecule has 1 fully saturated rings. The Morgan fingerprint density at radius 2 is 2.00 bits per heavy atom. The first-order valence-electron chi connectivity index (χ1n) is 9.02. The van der Waals surface area contributed by atoms with Gasteiger partial charge in [0, 0.05) is 56.0 Å². The smallest absolute Gasteiger partial charge is 0.113 e. The fourth-order valence-electron chi connectivity index (χ4n) is 3.82. The molecule has 0 amide bonds. The van der Waals surface area contributed by atoms with E-state index in [-0.39, 0.29) is 0 Å². The molecule has 4 rings (SSSR count). The number of hydrogen-bond donors (Lipinski definition) is 0. The van der Waals surface area contributed by atoms with Crippen LogP contribution in [0.15, 0.2) is 61.2 Å². The number of rotatable bonds is 4. The van der Waals surface area contributed by atoms with E-state index >= 15 is 0 Å². The highest BCUT2D eigenvalue weighted by atomic mass is 15.2. The molecule has 2 aromatic heterocycles. The first-order chi connectivity index (χ1) is 12.3. The van der Waals surface area contributed by atoms with Gasteiger partial charge in [-0.1, -0.05) is 30.3 Å². The van der Waals surface area contributed by atoms with Crippen molar-refractivity contribution in [2.75, 3.05) is 18.0 Å². The zero-order valence-corrected chi connectivity index (χ0v) is 14.7. The number of pyridine rings is 1. The van der Waals surface area contributed by atoms with Crippen LogP contribution in [0.1, 0.15) is 35.7 Å². The fraction of sp³-hybridized carbons (Fsp3) is 0.333. The van der Waals surface area contributed by atoms with Gasteiger partial charge in [0.25, 0.3) is 0 Å². The largest absolute Gasteiger partial charge is 0.370 e. The SMILES string of the molecule is Cc1cnccc1N1CCC[C@@H](c2nccn2Cc2ccccc2)C1. The molecule has 0 spiro atoms. The van der Waals surface area contributed by atoms with Crippen molar-refractivity contribution in [3.8, 4) is 0 Å². The van der Waals surface area contributed by atoms with Crippen LogP contribution >= 0.6 is 0 Å². The number of imidazole rings is 1. The standard InChI is InChI=1S/C21H24N4/c1-17-14-22-10-9-20(17)24-12-5-8-19(16-24)21-23-11-13-25(21)15-18-6-3-2-4-7-18/h2-4,6-7,9-11,13-14,19H,5,8,12,15-16H2,1H3/t19-/m1/s1. The van der Waals surface area contributed by atoms with Crippen molar-refractivity contribution in [1.82, 2.24) is 14.5 Å². The van der Waals surface area contributed by atoms with Gasteiger partial charge in [0.2, 0.25) is 0 Å². The molecule has 1 aliphatic heterocycles. The molecule has 0 radical (unpaired) electrons. The number of benzene rings is 1. The summed E-state index contributed by atoms with van der Waals surface area (Å²) >= 11 is 0. The summed E-state index contributed by atoms with van der Waals surface area (Å²) < 4.78 is 2.31. The molecule has 4 nitrogen and oxygen atoms in total. The van der Waals surface area contributed by atoms with Crippen LogP contribution in [0.2, 0.25) is 0 Å². The Morgan fingerprint density at radius 3 is 2.84 bits per heavy atom. The summed E-state index contributed by atoms with van der Waals surface area (Å²) in [4.78, 5) is 11.4. The van der Waals surface area contributed by atoms with E-state index in [0.29, 0.717) is 5.92 Å². The number of aryl methyl sites for hydroxylation is 1. The van der Waals surface area contributed by atoms with Crippen LogP contribution in [-0.2, 0) is 6.54 Å². The maximum absolute atomic E-state index is 4.71. The second-order valence-electron chi connectivity index (χ2n) is 6.85. The van der Waals surface area contributed by atoms with Gasteiger partial charge in [-0.05, 0) is 37.0 Å². The van der Waals surface area contributed by atoms with Crippen molar-refractivity contribution in [1.29, 1.82) is 0 Å². The molecule has 0 saturated carbocycles. The molecule has 1 atom stereocenters. The topological polar surface area (TPSA) is 34.0 Å². The predicted octanol–water partition coefficient (Wildman–Crippen LogP) is 4.02. The normalized spacial score (nSPS) is 17.6. The lowest BCUT2D eigenvalue weighted by molar-refractivity contribution is 0.476. The maximum atomic E-state index is 4.71. The van der Waals surface area contributed by atoms with Crippen LogP contribution in [-0.4, -0.2) is 27.6 Å². The van der Waals surface area contributed by atoms with Crippen molar-refractivity contribution in [2.24, 2.45) is 0 Å². The highest BCUT2D eigenvalue weighted by Crippen LogP contribution is 2.30. The quantitative estimate of drug-likeness (QED) is 0.724.